The van der Waals surface area contributed by atoms with E-state index in [1.165, 1.54) is 12.3 Å². The Labute approximate surface area is 127 Å². The Balaban J connectivity index is 2.48. The van der Waals surface area contributed by atoms with E-state index >= 15 is 0 Å². The summed E-state index contributed by atoms with van der Waals surface area (Å²) in [5.74, 6) is -1.86. The molecule has 0 aliphatic carbocycles. The number of carboxylic acid groups (broad SMARTS) is 1. The van der Waals surface area contributed by atoms with Crippen LogP contribution in [-0.2, 0) is 0 Å². The molecule has 0 saturated heterocycles. The number of hydrogen-bond donors (Lipinski definition) is 1. The van der Waals surface area contributed by atoms with Gasteiger partial charge in [-0.15, -0.1) is 0 Å². The molecule has 2 rings (SSSR count). The lowest BCUT2D eigenvalue weighted by Crippen LogP contribution is -2.05. The number of aromatic nitrogens is 1. The van der Waals surface area contributed by atoms with Crippen LogP contribution in [0.1, 0.15) is 15.9 Å². The predicted molar refractivity (Wildman–Crippen MR) is 75.1 cm³/mol. The second-order valence-corrected chi connectivity index (χ2v) is 5.17. The number of rotatable bonds is 3. The number of benzene rings is 1. The van der Waals surface area contributed by atoms with Crippen molar-refractivity contribution in [1.82, 2.24) is 4.98 Å². The van der Waals surface area contributed by atoms with Gasteiger partial charge in [0.2, 0.25) is 5.88 Å². The Kier molecular flexibility index (Phi) is 4.25. The molecule has 0 atom stereocenters. The summed E-state index contributed by atoms with van der Waals surface area (Å²) in [6, 6.07) is 3.93. The van der Waals surface area contributed by atoms with Crippen LogP contribution in [-0.4, -0.2) is 16.1 Å². The van der Waals surface area contributed by atoms with Gasteiger partial charge in [0.15, 0.2) is 0 Å². The van der Waals surface area contributed by atoms with E-state index in [9.17, 15) is 9.18 Å². The molecular weight excluding hydrogens is 353 g/mol. The van der Waals surface area contributed by atoms with E-state index in [2.05, 4.69) is 20.9 Å². The number of carboxylic acids is 1. The summed E-state index contributed by atoms with van der Waals surface area (Å²) in [7, 11) is 0. The van der Waals surface area contributed by atoms with E-state index in [0.29, 0.717) is 10.0 Å². The predicted octanol–water partition coefficient (Wildman–Crippen LogP) is 4.44. The molecule has 2 aromatic rings. The van der Waals surface area contributed by atoms with E-state index in [1.807, 2.05) is 0 Å². The van der Waals surface area contributed by atoms with E-state index in [1.54, 1.807) is 13.0 Å². The summed E-state index contributed by atoms with van der Waals surface area (Å²) in [6.07, 6.45) is 1.41. The first-order chi connectivity index (χ1) is 9.40. The van der Waals surface area contributed by atoms with E-state index in [-0.39, 0.29) is 22.2 Å². The number of carbonyl (C=O) groups is 1. The maximum absolute atomic E-state index is 13.4. The van der Waals surface area contributed by atoms with Crippen LogP contribution in [0, 0.1) is 12.7 Å². The van der Waals surface area contributed by atoms with Crippen molar-refractivity contribution < 1.29 is 19.0 Å². The highest BCUT2D eigenvalue weighted by Gasteiger charge is 2.18. The van der Waals surface area contributed by atoms with Crippen LogP contribution in [0.2, 0.25) is 5.02 Å². The molecule has 0 aliphatic heterocycles. The number of aromatic carboxylic acids is 1. The summed E-state index contributed by atoms with van der Waals surface area (Å²) in [4.78, 5) is 15.1. The minimum absolute atomic E-state index is 0.0696. The summed E-state index contributed by atoms with van der Waals surface area (Å²) in [5, 5.41) is 9.10. The molecule has 1 aromatic heterocycles. The lowest BCUT2D eigenvalue weighted by molar-refractivity contribution is 0.0692. The molecule has 1 N–H and O–H groups in total. The molecule has 7 heteroatoms. The van der Waals surface area contributed by atoms with Crippen molar-refractivity contribution in [2.45, 2.75) is 6.92 Å². The smallest absolute Gasteiger partial charge is 0.341 e. The maximum Gasteiger partial charge on any atom is 0.341 e. The molecule has 20 heavy (non-hydrogen) atoms. The fourth-order valence-electron chi connectivity index (χ4n) is 1.56. The Morgan fingerprint density at radius 3 is 2.85 bits per heavy atom. The Hall–Kier alpha value is -1.66. The molecule has 104 valence electrons. The SMILES string of the molecule is Cc1ccnc(Oc2cc(F)c(Cl)cc2Br)c1C(=O)O. The standard InChI is InChI=1S/C13H8BrClFNO3/c1-6-2-3-17-12(11(6)13(18)19)20-10-5-9(16)8(15)4-7(10)14/h2-5H,1H3,(H,18,19). The van der Waals surface area contributed by atoms with Crippen LogP contribution in [0.5, 0.6) is 11.6 Å². The van der Waals surface area contributed by atoms with Gasteiger partial charge in [0.25, 0.3) is 0 Å². The zero-order valence-electron chi connectivity index (χ0n) is 10.2. The van der Waals surface area contributed by atoms with E-state index in [4.69, 9.17) is 21.4 Å². The third kappa shape index (κ3) is 2.91. The first-order valence-electron chi connectivity index (χ1n) is 5.41. The molecule has 0 radical (unpaired) electrons. The quantitative estimate of drug-likeness (QED) is 0.822. The molecule has 0 aliphatic rings. The van der Waals surface area contributed by atoms with Gasteiger partial charge in [-0.05, 0) is 40.5 Å². The second-order valence-electron chi connectivity index (χ2n) is 3.91. The fraction of sp³-hybridized carbons (Fsp3) is 0.0769. The van der Waals surface area contributed by atoms with Crippen LogP contribution in [0.3, 0.4) is 0 Å². The number of hydrogen-bond acceptors (Lipinski definition) is 3. The Bertz CT molecular complexity index is 694. The highest BCUT2D eigenvalue weighted by molar-refractivity contribution is 9.10. The summed E-state index contributed by atoms with van der Waals surface area (Å²) >= 11 is 8.79. The van der Waals surface area contributed by atoms with Gasteiger partial charge in [0, 0.05) is 12.3 Å². The molecular formula is C13H8BrClFNO3. The van der Waals surface area contributed by atoms with Crippen molar-refractivity contribution >= 4 is 33.5 Å². The van der Waals surface area contributed by atoms with Gasteiger partial charge < -0.3 is 9.84 Å². The van der Waals surface area contributed by atoms with Crippen LogP contribution in [0.25, 0.3) is 0 Å². The molecule has 0 spiro atoms. The average Bonchev–Trinajstić information content (AvgIpc) is 2.35. The zero-order valence-corrected chi connectivity index (χ0v) is 12.5. The largest absolute Gasteiger partial charge is 0.477 e. The normalized spacial score (nSPS) is 10.4. The molecule has 0 fully saturated rings. The van der Waals surface area contributed by atoms with Crippen molar-refractivity contribution in [3.63, 3.8) is 0 Å². The molecule has 1 aromatic carbocycles. The first kappa shape index (κ1) is 14.7. The maximum atomic E-state index is 13.4. The van der Waals surface area contributed by atoms with E-state index < -0.39 is 11.8 Å². The van der Waals surface area contributed by atoms with Gasteiger partial charge in [-0.25, -0.2) is 14.2 Å². The lowest BCUT2D eigenvalue weighted by Gasteiger charge is -2.11. The fourth-order valence-corrected chi connectivity index (χ4v) is 2.28. The minimum atomic E-state index is -1.17. The lowest BCUT2D eigenvalue weighted by atomic mass is 10.1. The third-order valence-corrected chi connectivity index (χ3v) is 3.43. The summed E-state index contributed by atoms with van der Waals surface area (Å²) in [5.41, 5.74) is 0.419. The van der Waals surface area contributed by atoms with Gasteiger partial charge in [-0.3, -0.25) is 0 Å². The molecule has 0 amide bonds. The number of halogens is 3. The summed E-state index contributed by atoms with van der Waals surface area (Å²) < 4.78 is 19.2. The van der Waals surface area contributed by atoms with Crippen LogP contribution < -0.4 is 4.74 Å². The van der Waals surface area contributed by atoms with Crippen molar-refractivity contribution in [3.8, 4) is 11.6 Å². The molecule has 0 unspecified atom stereocenters. The molecule has 0 saturated carbocycles. The van der Waals surface area contributed by atoms with Crippen molar-refractivity contribution in [2.24, 2.45) is 0 Å². The number of ether oxygens (including phenoxy) is 1. The van der Waals surface area contributed by atoms with Crippen LogP contribution in [0.4, 0.5) is 4.39 Å². The highest BCUT2D eigenvalue weighted by Crippen LogP contribution is 2.34. The van der Waals surface area contributed by atoms with Crippen molar-refractivity contribution in [3.05, 3.63) is 50.8 Å². The van der Waals surface area contributed by atoms with Gasteiger partial charge in [0.05, 0.1) is 9.50 Å². The topological polar surface area (TPSA) is 59.4 Å². The second kappa shape index (κ2) is 5.76. The van der Waals surface area contributed by atoms with Crippen LogP contribution >= 0.6 is 27.5 Å². The number of aryl methyl sites for hydroxylation is 1. The highest BCUT2D eigenvalue weighted by atomic mass is 79.9. The van der Waals surface area contributed by atoms with Crippen LogP contribution in [0.15, 0.2) is 28.9 Å². The average molecular weight is 361 g/mol. The summed E-state index contributed by atoms with van der Waals surface area (Å²) in [6.45, 7) is 1.62. The third-order valence-electron chi connectivity index (χ3n) is 2.52. The van der Waals surface area contributed by atoms with Crippen molar-refractivity contribution in [1.29, 1.82) is 0 Å². The van der Waals surface area contributed by atoms with Gasteiger partial charge in [-0.2, -0.15) is 0 Å². The molecule has 0 bridgehead atoms. The minimum Gasteiger partial charge on any atom is -0.477 e. The Morgan fingerprint density at radius 2 is 2.20 bits per heavy atom. The van der Waals surface area contributed by atoms with Gasteiger partial charge in [0.1, 0.15) is 17.1 Å². The number of pyridine rings is 1. The van der Waals surface area contributed by atoms with Gasteiger partial charge in [-0.1, -0.05) is 11.6 Å². The van der Waals surface area contributed by atoms with Gasteiger partial charge >= 0.3 is 5.97 Å². The number of nitrogens with zero attached hydrogens (tertiary/aromatic N) is 1. The Morgan fingerprint density at radius 1 is 1.50 bits per heavy atom. The monoisotopic (exact) mass is 359 g/mol. The van der Waals surface area contributed by atoms with E-state index in [0.717, 1.165) is 6.07 Å². The zero-order chi connectivity index (χ0) is 14.9. The molecule has 1 heterocycles. The van der Waals surface area contributed by atoms with Crippen molar-refractivity contribution in [2.75, 3.05) is 0 Å². The first-order valence-corrected chi connectivity index (χ1v) is 6.58. The molecule has 4 nitrogen and oxygen atoms in total.